The molecular formula is C22H18BrNO2. The van der Waals surface area contributed by atoms with Gasteiger partial charge in [0.15, 0.2) is 17.7 Å². The van der Waals surface area contributed by atoms with Gasteiger partial charge in [0.2, 0.25) is 0 Å². The molecule has 3 nitrogen and oxygen atoms in total. The zero-order chi connectivity index (χ0) is 17.5. The van der Waals surface area contributed by atoms with Crippen molar-refractivity contribution < 1.29 is 9.47 Å². The summed E-state index contributed by atoms with van der Waals surface area (Å²) in [5.41, 5.74) is 3.93. The summed E-state index contributed by atoms with van der Waals surface area (Å²) in [6.07, 6.45) is -0.124. The first-order valence-corrected chi connectivity index (χ1v) is 9.56. The van der Waals surface area contributed by atoms with Crippen LogP contribution in [0.5, 0.6) is 11.5 Å². The molecule has 0 fully saturated rings. The fraction of sp³-hybridized carbons (Fsp3) is 0.182. The van der Waals surface area contributed by atoms with Crippen LogP contribution in [-0.4, -0.2) is 17.7 Å². The summed E-state index contributed by atoms with van der Waals surface area (Å²) < 4.78 is 13.4. The standard InChI is InChI=1S/C22H18BrNO2/c23-17-11-10-16-13-24(21-14-25-19-8-4-5-9-20(19)26-21)22(18(16)12-17)15-6-2-1-3-7-15/h1-12,21-22H,13-14H2. The van der Waals surface area contributed by atoms with Crippen molar-refractivity contribution >= 4 is 15.9 Å². The molecule has 26 heavy (non-hydrogen) atoms. The fourth-order valence-electron chi connectivity index (χ4n) is 3.88. The first-order chi connectivity index (χ1) is 12.8. The summed E-state index contributed by atoms with van der Waals surface area (Å²) in [5.74, 6) is 1.63. The molecule has 0 amide bonds. The highest BCUT2D eigenvalue weighted by atomic mass is 79.9. The Morgan fingerprint density at radius 1 is 0.885 bits per heavy atom. The summed E-state index contributed by atoms with van der Waals surface area (Å²) in [4.78, 5) is 2.39. The second-order valence-electron chi connectivity index (χ2n) is 6.66. The summed E-state index contributed by atoms with van der Waals surface area (Å²) >= 11 is 3.63. The van der Waals surface area contributed by atoms with Gasteiger partial charge in [-0.25, -0.2) is 0 Å². The molecule has 0 saturated carbocycles. The van der Waals surface area contributed by atoms with Crippen LogP contribution in [0.1, 0.15) is 22.7 Å². The van der Waals surface area contributed by atoms with Gasteiger partial charge in [-0.1, -0.05) is 64.5 Å². The zero-order valence-electron chi connectivity index (χ0n) is 14.1. The number of hydrogen-bond donors (Lipinski definition) is 0. The number of para-hydroxylation sites is 2. The van der Waals surface area contributed by atoms with Crippen molar-refractivity contribution in [1.29, 1.82) is 0 Å². The van der Waals surface area contributed by atoms with Gasteiger partial charge < -0.3 is 9.47 Å². The van der Waals surface area contributed by atoms with Crippen molar-refractivity contribution in [2.24, 2.45) is 0 Å². The number of rotatable bonds is 2. The number of nitrogens with zero attached hydrogens (tertiary/aromatic N) is 1. The molecule has 4 heteroatoms. The summed E-state index contributed by atoms with van der Waals surface area (Å²) in [7, 11) is 0. The maximum absolute atomic E-state index is 6.32. The molecule has 0 bridgehead atoms. The number of hydrogen-bond acceptors (Lipinski definition) is 3. The van der Waals surface area contributed by atoms with Gasteiger partial charge in [0.25, 0.3) is 0 Å². The largest absolute Gasteiger partial charge is 0.484 e. The molecule has 0 aliphatic carbocycles. The normalized spacial score (nSPS) is 21.4. The predicted molar refractivity (Wildman–Crippen MR) is 104 cm³/mol. The summed E-state index contributed by atoms with van der Waals surface area (Å²) in [5, 5.41) is 0. The molecule has 3 aromatic carbocycles. The van der Waals surface area contributed by atoms with Gasteiger partial charge in [-0.2, -0.15) is 0 Å². The van der Waals surface area contributed by atoms with Crippen molar-refractivity contribution in [2.75, 3.05) is 6.61 Å². The molecule has 3 aromatic rings. The summed E-state index contributed by atoms with van der Waals surface area (Å²) in [6, 6.07) is 25.2. The molecule has 2 atom stereocenters. The van der Waals surface area contributed by atoms with Crippen LogP contribution in [0.4, 0.5) is 0 Å². The topological polar surface area (TPSA) is 21.7 Å². The van der Waals surface area contributed by atoms with Crippen LogP contribution in [0.25, 0.3) is 0 Å². The molecule has 2 unspecified atom stereocenters. The van der Waals surface area contributed by atoms with E-state index in [9.17, 15) is 0 Å². The molecule has 2 heterocycles. The predicted octanol–water partition coefficient (Wildman–Crippen LogP) is 5.15. The van der Waals surface area contributed by atoms with E-state index < -0.39 is 0 Å². The second-order valence-corrected chi connectivity index (χ2v) is 7.57. The van der Waals surface area contributed by atoms with Crippen molar-refractivity contribution in [3.05, 3.63) is 94.0 Å². The lowest BCUT2D eigenvalue weighted by molar-refractivity contribution is -0.0422. The Labute approximate surface area is 161 Å². The van der Waals surface area contributed by atoms with Gasteiger partial charge in [-0.3, -0.25) is 4.90 Å². The maximum atomic E-state index is 6.32. The lowest BCUT2D eigenvalue weighted by Gasteiger charge is -2.36. The quantitative estimate of drug-likeness (QED) is 0.585. The highest BCUT2D eigenvalue weighted by Crippen LogP contribution is 2.43. The molecular weight excluding hydrogens is 390 g/mol. The van der Waals surface area contributed by atoms with E-state index in [1.54, 1.807) is 0 Å². The minimum absolute atomic E-state index is 0.124. The van der Waals surface area contributed by atoms with Crippen LogP contribution in [0.3, 0.4) is 0 Å². The monoisotopic (exact) mass is 407 g/mol. The van der Waals surface area contributed by atoms with Crippen LogP contribution in [0.15, 0.2) is 77.3 Å². The average molecular weight is 408 g/mol. The number of ether oxygens (including phenoxy) is 2. The Morgan fingerprint density at radius 2 is 1.65 bits per heavy atom. The third kappa shape index (κ3) is 2.70. The van der Waals surface area contributed by atoms with Crippen LogP contribution >= 0.6 is 15.9 Å². The molecule has 2 aliphatic heterocycles. The number of fused-ring (bicyclic) bond motifs is 2. The van der Waals surface area contributed by atoms with Crippen molar-refractivity contribution in [3.8, 4) is 11.5 Å². The van der Waals surface area contributed by atoms with Gasteiger partial charge in [0.1, 0.15) is 6.61 Å². The fourth-order valence-corrected chi connectivity index (χ4v) is 4.26. The van der Waals surface area contributed by atoms with Gasteiger partial charge in [-0.05, 0) is 41.0 Å². The van der Waals surface area contributed by atoms with E-state index in [2.05, 4.69) is 69.4 Å². The minimum atomic E-state index is -0.124. The van der Waals surface area contributed by atoms with E-state index in [4.69, 9.17) is 9.47 Å². The Hall–Kier alpha value is -2.30. The molecule has 130 valence electrons. The Balaban J connectivity index is 1.54. The van der Waals surface area contributed by atoms with Crippen molar-refractivity contribution in [1.82, 2.24) is 4.90 Å². The second kappa shape index (κ2) is 6.45. The maximum Gasteiger partial charge on any atom is 0.188 e. The molecule has 0 radical (unpaired) electrons. The highest BCUT2D eigenvalue weighted by Gasteiger charge is 2.39. The van der Waals surface area contributed by atoms with Gasteiger partial charge in [0.05, 0.1) is 6.04 Å². The highest BCUT2D eigenvalue weighted by molar-refractivity contribution is 9.10. The van der Waals surface area contributed by atoms with E-state index in [0.717, 1.165) is 22.5 Å². The van der Waals surface area contributed by atoms with Crippen LogP contribution in [0.2, 0.25) is 0 Å². The van der Waals surface area contributed by atoms with E-state index in [0.29, 0.717) is 6.61 Å². The first-order valence-electron chi connectivity index (χ1n) is 8.77. The number of halogens is 1. The Morgan fingerprint density at radius 3 is 2.50 bits per heavy atom. The third-order valence-electron chi connectivity index (χ3n) is 5.07. The molecule has 0 spiro atoms. The first kappa shape index (κ1) is 15.9. The molecule has 5 rings (SSSR count). The van der Waals surface area contributed by atoms with Crippen molar-refractivity contribution in [3.63, 3.8) is 0 Å². The van der Waals surface area contributed by atoms with E-state index >= 15 is 0 Å². The average Bonchev–Trinajstić information content (AvgIpc) is 3.07. The lowest BCUT2D eigenvalue weighted by Crippen LogP contribution is -2.44. The smallest absolute Gasteiger partial charge is 0.188 e. The third-order valence-corrected chi connectivity index (χ3v) is 5.56. The van der Waals surface area contributed by atoms with Crippen LogP contribution < -0.4 is 9.47 Å². The van der Waals surface area contributed by atoms with Crippen LogP contribution in [-0.2, 0) is 6.54 Å². The Bertz CT molecular complexity index is 944. The zero-order valence-corrected chi connectivity index (χ0v) is 15.7. The minimum Gasteiger partial charge on any atom is -0.484 e. The van der Waals surface area contributed by atoms with Crippen LogP contribution in [0, 0.1) is 0 Å². The molecule has 2 aliphatic rings. The summed E-state index contributed by atoms with van der Waals surface area (Å²) in [6.45, 7) is 1.37. The lowest BCUT2D eigenvalue weighted by atomic mass is 9.98. The van der Waals surface area contributed by atoms with Gasteiger partial charge in [-0.15, -0.1) is 0 Å². The number of benzene rings is 3. The van der Waals surface area contributed by atoms with Gasteiger partial charge >= 0.3 is 0 Å². The SMILES string of the molecule is Brc1ccc2c(c1)C(c1ccccc1)N(C1COc3ccccc3O1)C2. The van der Waals surface area contributed by atoms with E-state index in [-0.39, 0.29) is 12.3 Å². The molecule has 0 N–H and O–H groups in total. The molecule has 0 saturated heterocycles. The van der Waals surface area contributed by atoms with E-state index in [1.165, 1.54) is 16.7 Å². The molecule has 0 aromatic heterocycles. The van der Waals surface area contributed by atoms with E-state index in [1.807, 2.05) is 24.3 Å². The van der Waals surface area contributed by atoms with Gasteiger partial charge in [0, 0.05) is 11.0 Å². The van der Waals surface area contributed by atoms with Crippen molar-refractivity contribution in [2.45, 2.75) is 18.8 Å². The Kier molecular flexibility index (Phi) is 3.95.